The van der Waals surface area contributed by atoms with Crippen LogP contribution in [0.15, 0.2) is 53.7 Å². The van der Waals surface area contributed by atoms with E-state index in [0.717, 1.165) is 43.6 Å². The van der Waals surface area contributed by atoms with E-state index in [1.807, 2.05) is 30.3 Å². The molecule has 1 heterocycles. The molecule has 0 aliphatic rings. The largest absolute Gasteiger partial charge is 0.497 e. The van der Waals surface area contributed by atoms with Crippen LogP contribution in [0.5, 0.6) is 5.75 Å². The topological polar surface area (TPSA) is 61.8 Å². The van der Waals surface area contributed by atoms with Crippen LogP contribution in [0.4, 0.5) is 0 Å². The first-order chi connectivity index (χ1) is 13.7. The van der Waals surface area contributed by atoms with Crippen LogP contribution < -0.4 is 15.4 Å². The van der Waals surface area contributed by atoms with E-state index in [-0.39, 0.29) is 6.04 Å². The van der Waals surface area contributed by atoms with Gasteiger partial charge in [-0.2, -0.15) is 0 Å². The van der Waals surface area contributed by atoms with E-state index in [4.69, 9.17) is 4.74 Å². The van der Waals surface area contributed by atoms with E-state index in [1.54, 1.807) is 13.3 Å². The average Bonchev–Trinajstić information content (AvgIpc) is 2.75. The zero-order valence-corrected chi connectivity index (χ0v) is 17.5. The van der Waals surface area contributed by atoms with Gasteiger partial charge in [0.05, 0.1) is 25.4 Å². The van der Waals surface area contributed by atoms with Gasteiger partial charge in [-0.3, -0.25) is 9.88 Å². The summed E-state index contributed by atoms with van der Waals surface area (Å²) in [6.45, 7) is 10.5. The van der Waals surface area contributed by atoms with Gasteiger partial charge < -0.3 is 15.4 Å². The molecule has 0 saturated heterocycles. The SMILES string of the molecule is CCNC(=NCc1ccccn1)NCC(c1cccc(OC)c1)N(CC)CC. The Balaban J connectivity index is 2.14. The fourth-order valence-electron chi connectivity index (χ4n) is 3.16. The highest BCUT2D eigenvalue weighted by molar-refractivity contribution is 5.79. The molecular formula is C22H33N5O. The van der Waals surface area contributed by atoms with Crippen molar-refractivity contribution < 1.29 is 4.74 Å². The number of hydrogen-bond acceptors (Lipinski definition) is 4. The van der Waals surface area contributed by atoms with Gasteiger partial charge >= 0.3 is 0 Å². The highest BCUT2D eigenvalue weighted by atomic mass is 16.5. The summed E-state index contributed by atoms with van der Waals surface area (Å²) in [6.07, 6.45) is 1.80. The van der Waals surface area contributed by atoms with Crippen molar-refractivity contribution in [2.45, 2.75) is 33.4 Å². The smallest absolute Gasteiger partial charge is 0.191 e. The molecule has 2 rings (SSSR count). The number of rotatable bonds is 10. The highest BCUT2D eigenvalue weighted by Gasteiger charge is 2.19. The third-order valence-electron chi connectivity index (χ3n) is 4.66. The fourth-order valence-corrected chi connectivity index (χ4v) is 3.16. The summed E-state index contributed by atoms with van der Waals surface area (Å²) in [4.78, 5) is 11.5. The number of likely N-dealkylation sites (N-methyl/N-ethyl adjacent to an activating group) is 1. The summed E-state index contributed by atoms with van der Waals surface area (Å²) in [5.41, 5.74) is 2.18. The Labute approximate surface area is 169 Å². The molecule has 2 N–H and O–H groups in total. The number of methoxy groups -OCH3 is 1. The summed E-state index contributed by atoms with van der Waals surface area (Å²) in [5, 5.41) is 6.83. The monoisotopic (exact) mass is 383 g/mol. The minimum Gasteiger partial charge on any atom is -0.497 e. The molecule has 28 heavy (non-hydrogen) atoms. The van der Waals surface area contributed by atoms with Crippen LogP contribution in [0.1, 0.15) is 38.1 Å². The minimum atomic E-state index is 0.226. The summed E-state index contributed by atoms with van der Waals surface area (Å²) < 4.78 is 5.42. The third kappa shape index (κ3) is 6.53. The molecule has 1 atom stereocenters. The van der Waals surface area contributed by atoms with Gasteiger partial charge in [0.2, 0.25) is 0 Å². The quantitative estimate of drug-likeness (QED) is 0.487. The van der Waals surface area contributed by atoms with Gasteiger partial charge in [0.1, 0.15) is 5.75 Å². The van der Waals surface area contributed by atoms with Crippen molar-refractivity contribution in [1.29, 1.82) is 0 Å². The lowest BCUT2D eigenvalue weighted by Gasteiger charge is -2.31. The Bertz CT molecular complexity index is 716. The zero-order valence-electron chi connectivity index (χ0n) is 17.5. The Morgan fingerprint density at radius 3 is 2.57 bits per heavy atom. The molecule has 0 spiro atoms. The van der Waals surface area contributed by atoms with Gasteiger partial charge in [0.25, 0.3) is 0 Å². The number of aliphatic imine (C=N–C) groups is 1. The second kappa shape index (κ2) is 12.0. The number of nitrogens with zero attached hydrogens (tertiary/aromatic N) is 3. The molecular weight excluding hydrogens is 350 g/mol. The lowest BCUT2D eigenvalue weighted by Crippen LogP contribution is -2.43. The van der Waals surface area contributed by atoms with Crippen LogP contribution in [0.25, 0.3) is 0 Å². The maximum atomic E-state index is 5.42. The van der Waals surface area contributed by atoms with E-state index in [9.17, 15) is 0 Å². The third-order valence-corrected chi connectivity index (χ3v) is 4.66. The maximum absolute atomic E-state index is 5.42. The first-order valence-corrected chi connectivity index (χ1v) is 10.0. The zero-order chi connectivity index (χ0) is 20.2. The molecule has 1 aromatic heterocycles. The Morgan fingerprint density at radius 1 is 1.11 bits per heavy atom. The van der Waals surface area contributed by atoms with Crippen molar-refractivity contribution in [2.24, 2.45) is 4.99 Å². The summed E-state index contributed by atoms with van der Waals surface area (Å²) in [6, 6.07) is 14.4. The minimum absolute atomic E-state index is 0.226. The van der Waals surface area contributed by atoms with Crippen molar-refractivity contribution in [3.63, 3.8) is 0 Å². The Morgan fingerprint density at radius 2 is 1.93 bits per heavy atom. The Hall–Kier alpha value is -2.60. The van der Waals surface area contributed by atoms with Gasteiger partial charge in [0, 0.05) is 19.3 Å². The number of nitrogens with one attached hydrogen (secondary N) is 2. The van der Waals surface area contributed by atoms with E-state index >= 15 is 0 Å². The predicted octanol–water partition coefficient (Wildman–Crippen LogP) is 3.23. The molecule has 1 unspecified atom stereocenters. The number of benzene rings is 1. The molecule has 6 nitrogen and oxygen atoms in total. The number of hydrogen-bond donors (Lipinski definition) is 2. The molecule has 2 aromatic rings. The molecule has 1 aromatic carbocycles. The molecule has 0 fully saturated rings. The second-order valence-electron chi connectivity index (χ2n) is 6.41. The van der Waals surface area contributed by atoms with E-state index < -0.39 is 0 Å². The second-order valence-corrected chi connectivity index (χ2v) is 6.41. The summed E-state index contributed by atoms with van der Waals surface area (Å²) >= 11 is 0. The normalized spacial score (nSPS) is 12.7. The van der Waals surface area contributed by atoms with E-state index in [2.05, 4.69) is 58.4 Å². The molecule has 0 amide bonds. The molecule has 0 aliphatic carbocycles. The molecule has 6 heteroatoms. The highest BCUT2D eigenvalue weighted by Crippen LogP contribution is 2.23. The van der Waals surface area contributed by atoms with Crippen LogP contribution in [0.2, 0.25) is 0 Å². The van der Waals surface area contributed by atoms with Crippen LogP contribution in [0.3, 0.4) is 0 Å². The first kappa shape index (κ1) is 21.7. The van der Waals surface area contributed by atoms with Gasteiger partial charge in [0.15, 0.2) is 5.96 Å². The lowest BCUT2D eigenvalue weighted by atomic mass is 10.0. The number of aromatic nitrogens is 1. The van der Waals surface area contributed by atoms with Crippen LogP contribution >= 0.6 is 0 Å². The van der Waals surface area contributed by atoms with Crippen molar-refractivity contribution in [3.05, 3.63) is 59.9 Å². The summed E-state index contributed by atoms with van der Waals surface area (Å²) in [5.74, 6) is 1.68. The summed E-state index contributed by atoms with van der Waals surface area (Å²) in [7, 11) is 1.71. The first-order valence-electron chi connectivity index (χ1n) is 10.0. The van der Waals surface area contributed by atoms with E-state index in [0.29, 0.717) is 6.54 Å². The van der Waals surface area contributed by atoms with Crippen LogP contribution in [0, 0.1) is 0 Å². The number of pyridine rings is 1. The molecule has 152 valence electrons. The van der Waals surface area contributed by atoms with Gasteiger partial charge in [-0.15, -0.1) is 0 Å². The van der Waals surface area contributed by atoms with Crippen molar-refractivity contribution in [2.75, 3.05) is 33.3 Å². The standard InChI is InChI=1S/C22H33N5O/c1-5-23-22(25-16-19-12-8-9-14-24-19)26-17-21(27(6-2)7-3)18-11-10-13-20(15-18)28-4/h8-15,21H,5-7,16-17H2,1-4H3,(H2,23,25,26). The average molecular weight is 384 g/mol. The molecule has 0 saturated carbocycles. The van der Waals surface area contributed by atoms with Crippen LogP contribution in [-0.2, 0) is 6.54 Å². The number of guanidine groups is 1. The maximum Gasteiger partial charge on any atom is 0.191 e. The van der Waals surface area contributed by atoms with Crippen molar-refractivity contribution >= 4 is 5.96 Å². The van der Waals surface area contributed by atoms with Crippen molar-refractivity contribution in [3.8, 4) is 5.75 Å². The van der Waals surface area contributed by atoms with Gasteiger partial charge in [-0.25, -0.2) is 4.99 Å². The van der Waals surface area contributed by atoms with E-state index in [1.165, 1.54) is 5.56 Å². The molecule has 0 radical (unpaired) electrons. The Kier molecular flexibility index (Phi) is 9.28. The molecule has 0 aliphatic heterocycles. The van der Waals surface area contributed by atoms with Gasteiger partial charge in [-0.1, -0.05) is 32.0 Å². The fraction of sp³-hybridized carbons (Fsp3) is 0.455. The van der Waals surface area contributed by atoms with Crippen LogP contribution in [-0.4, -0.2) is 49.1 Å². The lowest BCUT2D eigenvalue weighted by molar-refractivity contribution is 0.218. The number of ether oxygens (including phenoxy) is 1. The van der Waals surface area contributed by atoms with Gasteiger partial charge in [-0.05, 0) is 49.8 Å². The van der Waals surface area contributed by atoms with Crippen molar-refractivity contribution in [1.82, 2.24) is 20.5 Å². The molecule has 0 bridgehead atoms. The predicted molar refractivity (Wildman–Crippen MR) is 116 cm³/mol.